The molecule has 1 aromatic heterocycles. The Bertz CT molecular complexity index is 1600. The van der Waals surface area contributed by atoms with Gasteiger partial charge in [-0.1, -0.05) is 30.7 Å². The number of carbonyl (C=O) groups excluding carboxylic acids is 2. The molecule has 0 saturated carbocycles. The van der Waals surface area contributed by atoms with Crippen molar-refractivity contribution in [3.63, 3.8) is 0 Å². The second kappa shape index (κ2) is 12.8. The SMILES string of the molecule is CCOC(=O)CC1CN(C(=O)C[C@]2(C)S[C@H](c3cccc(OC)c3OC)c3cc(Cl)ccc3-n3c(C(C)(F)F)nc(CC)c32)C1. The average molecular weight is 662 g/mol. The van der Waals surface area contributed by atoms with Crippen LogP contribution in [0.5, 0.6) is 11.5 Å². The minimum Gasteiger partial charge on any atom is -0.493 e. The first-order chi connectivity index (χ1) is 21.3. The number of amides is 1. The summed E-state index contributed by atoms with van der Waals surface area (Å²) < 4.78 is 47.8. The number of carbonyl (C=O) groups is 2. The van der Waals surface area contributed by atoms with Crippen molar-refractivity contribution in [3.8, 4) is 17.2 Å². The van der Waals surface area contributed by atoms with Crippen LogP contribution < -0.4 is 9.47 Å². The fraction of sp³-hybridized carbons (Fsp3) is 0.485. The van der Waals surface area contributed by atoms with Gasteiger partial charge >= 0.3 is 11.9 Å². The number of rotatable bonds is 10. The number of esters is 1. The van der Waals surface area contributed by atoms with Gasteiger partial charge in [-0.25, -0.2) is 4.98 Å². The highest BCUT2D eigenvalue weighted by Gasteiger charge is 2.48. The van der Waals surface area contributed by atoms with Gasteiger partial charge in [-0.2, -0.15) is 8.78 Å². The fourth-order valence-corrected chi connectivity index (χ4v) is 8.19. The van der Waals surface area contributed by atoms with E-state index in [1.807, 2.05) is 26.0 Å². The van der Waals surface area contributed by atoms with Crippen LogP contribution in [0.1, 0.15) is 74.1 Å². The summed E-state index contributed by atoms with van der Waals surface area (Å²) in [5.41, 5.74) is 2.99. The van der Waals surface area contributed by atoms with E-state index in [0.717, 1.165) is 12.5 Å². The minimum absolute atomic E-state index is 0.0156. The molecular formula is C33H38ClF2N3O5S. The van der Waals surface area contributed by atoms with Crippen molar-refractivity contribution < 1.29 is 32.6 Å². The largest absolute Gasteiger partial charge is 0.493 e. The number of benzene rings is 2. The smallest absolute Gasteiger partial charge is 0.306 e. The summed E-state index contributed by atoms with van der Waals surface area (Å²) in [6.07, 6.45) is 0.651. The maximum Gasteiger partial charge on any atom is 0.306 e. The number of hydrogen-bond acceptors (Lipinski definition) is 7. The zero-order valence-corrected chi connectivity index (χ0v) is 27.9. The predicted octanol–water partition coefficient (Wildman–Crippen LogP) is 7.07. The number of aromatic nitrogens is 2. The number of thioether (sulfide) groups is 1. The van der Waals surface area contributed by atoms with E-state index in [0.29, 0.717) is 65.3 Å². The van der Waals surface area contributed by atoms with Gasteiger partial charge in [0.2, 0.25) is 5.91 Å². The molecule has 12 heteroatoms. The quantitative estimate of drug-likeness (QED) is 0.215. The summed E-state index contributed by atoms with van der Waals surface area (Å²) in [4.78, 5) is 32.1. The molecule has 5 rings (SSSR count). The van der Waals surface area contributed by atoms with Crippen LogP contribution in [0.2, 0.25) is 5.02 Å². The van der Waals surface area contributed by atoms with Gasteiger partial charge in [0.1, 0.15) is 0 Å². The first kappa shape index (κ1) is 33.1. The summed E-state index contributed by atoms with van der Waals surface area (Å²) in [5, 5.41) is -0.0475. The minimum atomic E-state index is -3.28. The number of para-hydroxylation sites is 1. The number of methoxy groups -OCH3 is 2. The van der Waals surface area contributed by atoms with E-state index in [2.05, 4.69) is 4.98 Å². The van der Waals surface area contributed by atoms with Crippen LogP contribution in [-0.4, -0.2) is 60.2 Å². The molecule has 2 atom stereocenters. The van der Waals surface area contributed by atoms with Gasteiger partial charge in [0.15, 0.2) is 17.3 Å². The van der Waals surface area contributed by atoms with Crippen molar-refractivity contribution in [1.82, 2.24) is 14.5 Å². The average Bonchev–Trinajstić information content (AvgIpc) is 3.34. The van der Waals surface area contributed by atoms with E-state index in [9.17, 15) is 9.59 Å². The molecule has 0 aliphatic carbocycles. The number of hydrogen-bond donors (Lipinski definition) is 0. The number of alkyl halides is 2. The third kappa shape index (κ3) is 6.25. The van der Waals surface area contributed by atoms with Crippen molar-refractivity contribution in [2.75, 3.05) is 33.9 Å². The van der Waals surface area contributed by atoms with E-state index in [1.54, 1.807) is 50.3 Å². The highest BCUT2D eigenvalue weighted by atomic mass is 35.5. The Morgan fingerprint density at radius 1 is 1.13 bits per heavy atom. The molecule has 2 aliphatic rings. The van der Waals surface area contributed by atoms with Gasteiger partial charge < -0.3 is 19.1 Å². The van der Waals surface area contributed by atoms with Gasteiger partial charge in [0, 0.05) is 42.9 Å². The highest BCUT2D eigenvalue weighted by Crippen LogP contribution is 2.58. The molecule has 0 radical (unpaired) electrons. The maximum atomic E-state index is 15.4. The van der Waals surface area contributed by atoms with E-state index < -0.39 is 21.7 Å². The van der Waals surface area contributed by atoms with Crippen LogP contribution in [0.3, 0.4) is 0 Å². The third-order valence-corrected chi connectivity index (χ3v) is 10.2. The lowest BCUT2D eigenvalue weighted by Gasteiger charge is -2.41. The lowest BCUT2D eigenvalue weighted by molar-refractivity contribution is -0.149. The molecule has 1 saturated heterocycles. The first-order valence-electron chi connectivity index (χ1n) is 15.0. The number of fused-ring (bicyclic) bond motifs is 3. The molecule has 242 valence electrons. The van der Waals surface area contributed by atoms with Crippen LogP contribution in [0.15, 0.2) is 36.4 Å². The van der Waals surface area contributed by atoms with Crippen LogP contribution in [-0.2, 0) is 31.4 Å². The van der Waals surface area contributed by atoms with Crippen molar-refractivity contribution in [2.24, 2.45) is 5.92 Å². The van der Waals surface area contributed by atoms with Crippen molar-refractivity contribution in [1.29, 1.82) is 0 Å². The van der Waals surface area contributed by atoms with Crippen LogP contribution in [0.25, 0.3) is 5.69 Å². The zero-order valence-electron chi connectivity index (χ0n) is 26.3. The molecule has 0 bridgehead atoms. The second-order valence-electron chi connectivity index (χ2n) is 11.7. The van der Waals surface area contributed by atoms with Crippen molar-refractivity contribution in [3.05, 3.63) is 69.8 Å². The molecular weight excluding hydrogens is 624 g/mol. The van der Waals surface area contributed by atoms with Gasteiger partial charge in [0.05, 0.1) is 54.3 Å². The number of aryl methyl sites for hydroxylation is 1. The Hall–Kier alpha value is -3.31. The maximum absolute atomic E-state index is 15.4. The summed E-state index contributed by atoms with van der Waals surface area (Å²) >= 11 is 8.05. The number of ether oxygens (including phenoxy) is 3. The Kier molecular flexibility index (Phi) is 9.43. The van der Waals surface area contributed by atoms with E-state index in [4.69, 9.17) is 25.8 Å². The Labute approximate surface area is 271 Å². The second-order valence-corrected chi connectivity index (χ2v) is 13.7. The molecule has 3 aromatic rings. The topological polar surface area (TPSA) is 82.9 Å². The molecule has 0 unspecified atom stereocenters. The van der Waals surface area contributed by atoms with Crippen LogP contribution in [0.4, 0.5) is 8.78 Å². The van der Waals surface area contributed by atoms with Crippen LogP contribution in [0, 0.1) is 5.92 Å². The molecule has 1 fully saturated rings. The number of nitrogens with zero attached hydrogens (tertiary/aromatic N) is 3. The molecule has 2 aliphatic heterocycles. The number of imidazole rings is 1. The zero-order chi connectivity index (χ0) is 32.7. The van der Waals surface area contributed by atoms with E-state index in [-0.39, 0.29) is 30.6 Å². The lowest BCUT2D eigenvalue weighted by atomic mass is 9.93. The molecule has 2 aromatic carbocycles. The van der Waals surface area contributed by atoms with Gasteiger partial charge in [-0.3, -0.25) is 14.2 Å². The Morgan fingerprint density at radius 3 is 2.49 bits per heavy atom. The lowest BCUT2D eigenvalue weighted by Crippen LogP contribution is -2.51. The fourth-order valence-electron chi connectivity index (χ4n) is 6.33. The summed E-state index contributed by atoms with van der Waals surface area (Å²) in [5.74, 6) is -3.05. The first-order valence-corrected chi connectivity index (χ1v) is 16.2. The highest BCUT2D eigenvalue weighted by molar-refractivity contribution is 8.00. The monoisotopic (exact) mass is 661 g/mol. The Morgan fingerprint density at radius 2 is 1.87 bits per heavy atom. The number of likely N-dealkylation sites (tertiary alicyclic amines) is 1. The third-order valence-electron chi connectivity index (χ3n) is 8.34. The summed E-state index contributed by atoms with van der Waals surface area (Å²) in [6.45, 7) is 7.56. The van der Waals surface area contributed by atoms with Gasteiger partial charge in [-0.15, -0.1) is 11.8 Å². The molecule has 0 N–H and O–H groups in total. The van der Waals surface area contributed by atoms with E-state index >= 15 is 8.78 Å². The summed E-state index contributed by atoms with van der Waals surface area (Å²) in [6, 6.07) is 10.7. The molecule has 3 heterocycles. The molecule has 0 spiro atoms. The Balaban J connectivity index is 1.66. The molecule has 1 amide bonds. The van der Waals surface area contributed by atoms with Crippen molar-refractivity contribution in [2.45, 2.75) is 62.9 Å². The van der Waals surface area contributed by atoms with Gasteiger partial charge in [0.25, 0.3) is 0 Å². The summed E-state index contributed by atoms with van der Waals surface area (Å²) in [7, 11) is 3.11. The molecule has 8 nitrogen and oxygen atoms in total. The number of halogens is 3. The normalized spacial score (nSPS) is 19.7. The van der Waals surface area contributed by atoms with Crippen LogP contribution >= 0.6 is 23.4 Å². The molecule has 45 heavy (non-hydrogen) atoms. The van der Waals surface area contributed by atoms with Gasteiger partial charge in [-0.05, 0) is 50.1 Å². The standard InChI is InChI=1S/C33H38ClF2N3O5S/c1-7-23-30-32(3,16-26(40)38-17-19(18-38)14-27(41)44-8-2)45-29(21-10-9-11-25(42-5)28(21)43-6)22-15-20(34)12-13-24(22)39(30)31(37-23)33(4,35)36/h9-13,15,19,29H,7-8,14,16-18H2,1-6H3/t29-,32+/m1/s1. The van der Waals surface area contributed by atoms with Crippen molar-refractivity contribution >= 4 is 35.2 Å². The van der Waals surface area contributed by atoms with E-state index in [1.165, 1.54) is 16.3 Å². The predicted molar refractivity (Wildman–Crippen MR) is 170 cm³/mol.